The number of hydrogen-bond donors (Lipinski definition) is 1. The second-order valence-electron chi connectivity index (χ2n) is 5.57. The second-order valence-corrected chi connectivity index (χ2v) is 5.57. The molecule has 1 aromatic rings. The van der Waals surface area contributed by atoms with Crippen LogP contribution in [0.1, 0.15) is 26.7 Å². The molecular weight excluding hydrogens is 270 g/mol. The van der Waals surface area contributed by atoms with Crippen molar-refractivity contribution in [2.24, 2.45) is 11.7 Å². The second kappa shape index (κ2) is 6.76. The van der Waals surface area contributed by atoms with Gasteiger partial charge < -0.3 is 15.4 Å². The molecule has 2 atom stereocenters. The van der Waals surface area contributed by atoms with Gasteiger partial charge in [-0.05, 0) is 44.4 Å². The Morgan fingerprint density at radius 2 is 2.29 bits per heavy atom. The molecule has 2 N–H and O–H groups in total. The van der Waals surface area contributed by atoms with Gasteiger partial charge in [-0.1, -0.05) is 13.0 Å². The van der Waals surface area contributed by atoms with Gasteiger partial charge in [-0.2, -0.15) is 0 Å². The molecule has 6 nitrogen and oxygen atoms in total. The maximum absolute atomic E-state index is 11.5. The van der Waals surface area contributed by atoms with Crippen LogP contribution in [0.5, 0.6) is 5.75 Å². The van der Waals surface area contributed by atoms with E-state index >= 15 is 0 Å². The Kier molecular flexibility index (Phi) is 5.01. The van der Waals surface area contributed by atoms with E-state index in [-0.39, 0.29) is 16.7 Å². The van der Waals surface area contributed by atoms with Crippen molar-refractivity contribution in [1.29, 1.82) is 0 Å². The van der Waals surface area contributed by atoms with Crippen LogP contribution in [0.2, 0.25) is 0 Å². The molecule has 0 amide bonds. The zero-order chi connectivity index (χ0) is 15.4. The Morgan fingerprint density at radius 3 is 2.86 bits per heavy atom. The summed E-state index contributed by atoms with van der Waals surface area (Å²) in [6.07, 6.45) is 1.78. The highest BCUT2D eigenvalue weighted by Gasteiger charge is 2.33. The zero-order valence-corrected chi connectivity index (χ0v) is 12.6. The van der Waals surface area contributed by atoms with Crippen molar-refractivity contribution in [3.05, 3.63) is 28.3 Å². The van der Waals surface area contributed by atoms with Crippen molar-refractivity contribution in [3.8, 4) is 5.75 Å². The summed E-state index contributed by atoms with van der Waals surface area (Å²) in [4.78, 5) is 13.2. The number of nitrogens with zero attached hydrogens (tertiary/aromatic N) is 2. The quantitative estimate of drug-likeness (QED) is 0.644. The van der Waals surface area contributed by atoms with Gasteiger partial charge in [0.1, 0.15) is 5.69 Å². The molecule has 1 aliphatic rings. The number of para-hydroxylation sites is 1. The Morgan fingerprint density at radius 1 is 1.52 bits per heavy atom. The number of rotatable bonds is 6. The van der Waals surface area contributed by atoms with Crippen molar-refractivity contribution in [2.45, 2.75) is 32.7 Å². The number of nitro groups is 1. The number of nitro benzene ring substituents is 1. The molecule has 1 heterocycles. The van der Waals surface area contributed by atoms with Crippen LogP contribution in [0.25, 0.3) is 0 Å². The van der Waals surface area contributed by atoms with E-state index in [9.17, 15) is 10.1 Å². The predicted molar refractivity (Wildman–Crippen MR) is 82.9 cm³/mol. The highest BCUT2D eigenvalue weighted by atomic mass is 16.6. The Bertz CT molecular complexity index is 507. The molecule has 0 bridgehead atoms. The normalized spacial score (nSPS) is 21.6. The number of anilines is 1. The lowest BCUT2D eigenvalue weighted by Crippen LogP contribution is -2.28. The first-order chi connectivity index (χ1) is 10.1. The summed E-state index contributed by atoms with van der Waals surface area (Å²) in [7, 11) is 0. The van der Waals surface area contributed by atoms with E-state index in [1.54, 1.807) is 12.1 Å². The maximum Gasteiger partial charge on any atom is 0.333 e. The molecule has 6 heteroatoms. The summed E-state index contributed by atoms with van der Waals surface area (Å²) in [6.45, 7) is 5.91. The third-order valence-electron chi connectivity index (χ3n) is 3.93. The molecule has 0 aliphatic carbocycles. The molecule has 2 rings (SSSR count). The van der Waals surface area contributed by atoms with Gasteiger partial charge in [0.2, 0.25) is 0 Å². The molecule has 0 spiro atoms. The fraction of sp³-hybridized carbons (Fsp3) is 0.600. The molecule has 0 radical (unpaired) electrons. The fourth-order valence-corrected chi connectivity index (χ4v) is 2.90. The predicted octanol–water partition coefficient (Wildman–Crippen LogP) is 2.56. The molecule has 2 unspecified atom stereocenters. The van der Waals surface area contributed by atoms with E-state index in [0.29, 0.717) is 30.5 Å². The monoisotopic (exact) mass is 293 g/mol. The van der Waals surface area contributed by atoms with E-state index in [2.05, 4.69) is 11.8 Å². The van der Waals surface area contributed by atoms with Crippen molar-refractivity contribution in [3.63, 3.8) is 0 Å². The third-order valence-corrected chi connectivity index (χ3v) is 3.93. The first kappa shape index (κ1) is 15.6. The lowest BCUT2D eigenvalue weighted by molar-refractivity contribution is -0.385. The lowest BCUT2D eigenvalue weighted by atomic mass is 10.1. The highest BCUT2D eigenvalue weighted by molar-refractivity contribution is 5.70. The minimum absolute atomic E-state index is 0.0653. The summed E-state index contributed by atoms with van der Waals surface area (Å²) in [6, 6.07) is 5.53. The summed E-state index contributed by atoms with van der Waals surface area (Å²) in [5.74, 6) is 0.738. The lowest BCUT2D eigenvalue weighted by Gasteiger charge is -2.24. The van der Waals surface area contributed by atoms with E-state index < -0.39 is 0 Å². The van der Waals surface area contributed by atoms with Crippen molar-refractivity contribution in [2.75, 3.05) is 24.6 Å². The van der Waals surface area contributed by atoms with Crippen LogP contribution in [0.3, 0.4) is 0 Å². The Hall–Kier alpha value is -1.82. The molecule has 1 aromatic carbocycles. The fourth-order valence-electron chi connectivity index (χ4n) is 2.90. The van der Waals surface area contributed by atoms with E-state index in [1.807, 2.05) is 13.0 Å². The van der Waals surface area contributed by atoms with E-state index in [0.717, 1.165) is 19.4 Å². The Balaban J connectivity index is 2.36. The first-order valence-corrected chi connectivity index (χ1v) is 7.45. The molecule has 21 heavy (non-hydrogen) atoms. The molecule has 116 valence electrons. The number of hydrogen-bond acceptors (Lipinski definition) is 5. The topological polar surface area (TPSA) is 81.6 Å². The van der Waals surface area contributed by atoms with Gasteiger partial charge in [0, 0.05) is 12.6 Å². The minimum atomic E-state index is -0.344. The van der Waals surface area contributed by atoms with Gasteiger partial charge in [-0.25, -0.2) is 0 Å². The largest absolute Gasteiger partial charge is 0.487 e. The third kappa shape index (κ3) is 3.26. The standard InChI is InChI=1S/C15H23N3O3/c1-3-7-21-14-6-4-5-13(15(14)18(19)20)17-10-12(9-16)8-11(17)2/h4-6,11-12H,3,7-10,16H2,1-2H3. The average Bonchev–Trinajstić information content (AvgIpc) is 2.85. The van der Waals surface area contributed by atoms with E-state index in [1.165, 1.54) is 0 Å². The highest BCUT2D eigenvalue weighted by Crippen LogP contribution is 2.40. The summed E-state index contributed by atoms with van der Waals surface area (Å²) in [5, 5.41) is 11.5. The van der Waals surface area contributed by atoms with Crippen molar-refractivity contribution >= 4 is 11.4 Å². The van der Waals surface area contributed by atoms with Gasteiger partial charge in [0.15, 0.2) is 5.75 Å². The van der Waals surface area contributed by atoms with Crippen LogP contribution in [0.15, 0.2) is 18.2 Å². The number of benzene rings is 1. The summed E-state index contributed by atoms with van der Waals surface area (Å²) >= 11 is 0. The molecule has 0 saturated carbocycles. The van der Waals surface area contributed by atoms with Crippen LogP contribution < -0.4 is 15.4 Å². The molecule has 1 aliphatic heterocycles. The van der Waals surface area contributed by atoms with Gasteiger partial charge in [0.25, 0.3) is 0 Å². The minimum Gasteiger partial charge on any atom is -0.487 e. The molecule has 0 aromatic heterocycles. The van der Waals surface area contributed by atoms with Gasteiger partial charge >= 0.3 is 5.69 Å². The first-order valence-electron chi connectivity index (χ1n) is 7.45. The zero-order valence-electron chi connectivity index (χ0n) is 12.6. The summed E-state index contributed by atoms with van der Waals surface area (Å²) in [5.41, 5.74) is 6.45. The molecule has 1 fully saturated rings. The van der Waals surface area contributed by atoms with Gasteiger partial charge in [0.05, 0.1) is 11.5 Å². The number of ether oxygens (including phenoxy) is 1. The van der Waals surface area contributed by atoms with Crippen LogP contribution in [0.4, 0.5) is 11.4 Å². The number of nitrogens with two attached hydrogens (primary N) is 1. The molecule has 1 saturated heterocycles. The van der Waals surface area contributed by atoms with Gasteiger partial charge in [-0.3, -0.25) is 10.1 Å². The van der Waals surface area contributed by atoms with Gasteiger partial charge in [-0.15, -0.1) is 0 Å². The SMILES string of the molecule is CCCOc1cccc(N2CC(CN)CC2C)c1[N+](=O)[O-]. The summed E-state index contributed by atoms with van der Waals surface area (Å²) < 4.78 is 5.54. The van der Waals surface area contributed by atoms with Crippen LogP contribution in [-0.4, -0.2) is 30.7 Å². The van der Waals surface area contributed by atoms with E-state index in [4.69, 9.17) is 10.5 Å². The molecular formula is C15H23N3O3. The smallest absolute Gasteiger partial charge is 0.333 e. The van der Waals surface area contributed by atoms with Crippen LogP contribution >= 0.6 is 0 Å². The van der Waals surface area contributed by atoms with Crippen LogP contribution in [0, 0.1) is 16.0 Å². The Labute approximate surface area is 125 Å². The average molecular weight is 293 g/mol. The van der Waals surface area contributed by atoms with Crippen LogP contribution in [-0.2, 0) is 0 Å². The van der Waals surface area contributed by atoms with Crippen molar-refractivity contribution < 1.29 is 9.66 Å². The van der Waals surface area contributed by atoms with Crippen molar-refractivity contribution in [1.82, 2.24) is 0 Å². The maximum atomic E-state index is 11.5.